The number of nitrogens with one attached hydrogen (secondary N) is 1. The van der Waals surface area contributed by atoms with Gasteiger partial charge in [0.25, 0.3) is 0 Å². The monoisotopic (exact) mass is 333 g/mol. The van der Waals surface area contributed by atoms with E-state index >= 15 is 0 Å². The number of nitrogens with zero attached hydrogens (tertiary/aromatic N) is 2. The molecule has 0 amide bonds. The van der Waals surface area contributed by atoms with Crippen LogP contribution in [0.15, 0.2) is 54.7 Å². The number of rotatable bonds is 3. The van der Waals surface area contributed by atoms with Crippen molar-refractivity contribution in [1.29, 1.82) is 0 Å². The van der Waals surface area contributed by atoms with E-state index in [1.54, 1.807) is 30.5 Å². The maximum Gasteiger partial charge on any atom is 0.224 e. The molecule has 3 rings (SSSR count). The largest absolute Gasteiger partial charge is 0.340 e. The van der Waals surface area contributed by atoms with Crippen molar-refractivity contribution in [3.8, 4) is 11.1 Å². The molecule has 0 spiro atoms. The second-order valence-electron chi connectivity index (χ2n) is 4.54. The molecule has 110 valence electrons. The summed E-state index contributed by atoms with van der Waals surface area (Å²) in [5, 5.41) is 3.94. The molecule has 3 aromatic rings. The molecule has 0 aliphatic heterocycles. The zero-order chi connectivity index (χ0) is 15.5. The first kappa shape index (κ1) is 14.8. The van der Waals surface area contributed by atoms with E-state index in [-0.39, 0.29) is 11.1 Å². The van der Waals surface area contributed by atoms with Gasteiger partial charge in [-0.1, -0.05) is 23.7 Å². The van der Waals surface area contributed by atoms with Gasteiger partial charge in [-0.2, -0.15) is 4.98 Å². The fourth-order valence-electron chi connectivity index (χ4n) is 1.97. The maximum atomic E-state index is 13.1. The Labute approximate surface area is 136 Å². The fourth-order valence-corrected chi connectivity index (χ4v) is 2.23. The van der Waals surface area contributed by atoms with Crippen LogP contribution in [-0.2, 0) is 0 Å². The van der Waals surface area contributed by atoms with Gasteiger partial charge < -0.3 is 5.32 Å². The Hall–Kier alpha value is -2.17. The van der Waals surface area contributed by atoms with Gasteiger partial charge in [0.2, 0.25) is 5.28 Å². The SMILES string of the molecule is Fc1ccc(-c2cnc(Cl)nc2Nc2ccc(Cl)cc2)cc1. The molecule has 1 aromatic heterocycles. The van der Waals surface area contributed by atoms with Gasteiger partial charge in [0.1, 0.15) is 11.6 Å². The minimum atomic E-state index is -0.300. The third kappa shape index (κ3) is 3.35. The number of hydrogen-bond donors (Lipinski definition) is 1. The number of halogens is 3. The summed E-state index contributed by atoms with van der Waals surface area (Å²) in [6, 6.07) is 13.3. The summed E-state index contributed by atoms with van der Waals surface area (Å²) in [5.41, 5.74) is 2.32. The van der Waals surface area contributed by atoms with Crippen LogP contribution in [0.2, 0.25) is 10.3 Å². The Morgan fingerprint density at radius 1 is 0.909 bits per heavy atom. The van der Waals surface area contributed by atoms with Crippen LogP contribution < -0.4 is 5.32 Å². The van der Waals surface area contributed by atoms with Crippen molar-refractivity contribution in [3.05, 3.63) is 70.9 Å². The molecule has 0 saturated heterocycles. The predicted molar refractivity (Wildman–Crippen MR) is 87.2 cm³/mol. The smallest absolute Gasteiger partial charge is 0.224 e. The van der Waals surface area contributed by atoms with Gasteiger partial charge in [0.15, 0.2) is 0 Å². The van der Waals surface area contributed by atoms with E-state index in [1.165, 1.54) is 12.1 Å². The summed E-state index contributed by atoms with van der Waals surface area (Å²) in [7, 11) is 0. The molecular formula is C16H10Cl2FN3. The van der Waals surface area contributed by atoms with E-state index in [1.807, 2.05) is 12.1 Å². The van der Waals surface area contributed by atoms with E-state index in [4.69, 9.17) is 23.2 Å². The highest BCUT2D eigenvalue weighted by Gasteiger charge is 2.09. The molecule has 0 unspecified atom stereocenters. The molecule has 0 aliphatic rings. The van der Waals surface area contributed by atoms with Crippen LogP contribution in [0.25, 0.3) is 11.1 Å². The molecule has 0 atom stereocenters. The van der Waals surface area contributed by atoms with Gasteiger partial charge in [0.05, 0.1) is 0 Å². The highest BCUT2D eigenvalue weighted by molar-refractivity contribution is 6.30. The number of anilines is 2. The lowest BCUT2D eigenvalue weighted by atomic mass is 10.1. The van der Waals surface area contributed by atoms with Crippen LogP contribution in [0.4, 0.5) is 15.9 Å². The van der Waals surface area contributed by atoms with Crippen molar-refractivity contribution < 1.29 is 4.39 Å². The topological polar surface area (TPSA) is 37.8 Å². The average Bonchev–Trinajstić information content (AvgIpc) is 2.51. The van der Waals surface area contributed by atoms with Crippen LogP contribution in [0.3, 0.4) is 0 Å². The molecule has 0 saturated carbocycles. The molecule has 1 N–H and O–H groups in total. The quantitative estimate of drug-likeness (QED) is 0.658. The first-order valence-electron chi connectivity index (χ1n) is 6.43. The average molecular weight is 334 g/mol. The zero-order valence-corrected chi connectivity index (χ0v) is 12.7. The lowest BCUT2D eigenvalue weighted by Gasteiger charge is -2.11. The summed E-state index contributed by atoms with van der Waals surface area (Å²) < 4.78 is 13.1. The fraction of sp³-hybridized carbons (Fsp3) is 0. The number of benzene rings is 2. The van der Waals surface area contributed by atoms with Gasteiger partial charge in [-0.3, -0.25) is 0 Å². The van der Waals surface area contributed by atoms with Crippen molar-refractivity contribution in [3.63, 3.8) is 0 Å². The summed E-state index contributed by atoms with van der Waals surface area (Å²) in [4.78, 5) is 8.20. The molecule has 22 heavy (non-hydrogen) atoms. The molecule has 2 aromatic carbocycles. The molecule has 0 radical (unpaired) electrons. The first-order chi connectivity index (χ1) is 10.6. The minimum Gasteiger partial charge on any atom is -0.340 e. The van der Waals surface area contributed by atoms with Crippen molar-refractivity contribution in [1.82, 2.24) is 9.97 Å². The van der Waals surface area contributed by atoms with Gasteiger partial charge in [-0.15, -0.1) is 0 Å². The van der Waals surface area contributed by atoms with Crippen molar-refractivity contribution in [2.45, 2.75) is 0 Å². The Balaban J connectivity index is 2.00. The highest BCUT2D eigenvalue weighted by atomic mass is 35.5. The van der Waals surface area contributed by atoms with Gasteiger partial charge in [0, 0.05) is 22.5 Å². The summed E-state index contributed by atoms with van der Waals surface area (Å²) in [6.45, 7) is 0. The summed E-state index contributed by atoms with van der Waals surface area (Å²) >= 11 is 11.7. The molecule has 0 aliphatic carbocycles. The molecule has 1 heterocycles. The Kier molecular flexibility index (Phi) is 4.22. The third-order valence-electron chi connectivity index (χ3n) is 3.02. The summed E-state index contributed by atoms with van der Waals surface area (Å²) in [6.07, 6.45) is 1.60. The third-order valence-corrected chi connectivity index (χ3v) is 3.46. The van der Waals surface area contributed by atoms with E-state index < -0.39 is 0 Å². The Morgan fingerprint density at radius 2 is 1.59 bits per heavy atom. The van der Waals surface area contributed by atoms with Crippen LogP contribution in [0.1, 0.15) is 0 Å². The lowest BCUT2D eigenvalue weighted by molar-refractivity contribution is 0.628. The van der Waals surface area contributed by atoms with E-state index in [9.17, 15) is 4.39 Å². The van der Waals surface area contributed by atoms with Gasteiger partial charge in [-0.05, 0) is 53.6 Å². The van der Waals surface area contributed by atoms with Crippen LogP contribution >= 0.6 is 23.2 Å². The van der Waals surface area contributed by atoms with Crippen molar-refractivity contribution in [2.24, 2.45) is 0 Å². The molecule has 0 fully saturated rings. The molecule has 3 nitrogen and oxygen atoms in total. The van der Waals surface area contributed by atoms with Gasteiger partial charge in [-0.25, -0.2) is 9.37 Å². The zero-order valence-electron chi connectivity index (χ0n) is 11.2. The second kappa shape index (κ2) is 6.30. The number of aromatic nitrogens is 2. The molecular weight excluding hydrogens is 324 g/mol. The van der Waals surface area contributed by atoms with Crippen LogP contribution in [0.5, 0.6) is 0 Å². The second-order valence-corrected chi connectivity index (χ2v) is 5.31. The van der Waals surface area contributed by atoms with Crippen molar-refractivity contribution >= 4 is 34.7 Å². The Bertz CT molecular complexity index is 789. The predicted octanol–water partition coefficient (Wildman–Crippen LogP) is 5.33. The van der Waals surface area contributed by atoms with Gasteiger partial charge >= 0.3 is 0 Å². The lowest BCUT2D eigenvalue weighted by Crippen LogP contribution is -1.98. The van der Waals surface area contributed by atoms with E-state index in [0.717, 1.165) is 16.8 Å². The number of hydrogen-bond acceptors (Lipinski definition) is 3. The molecule has 6 heteroatoms. The van der Waals surface area contributed by atoms with E-state index in [0.29, 0.717) is 10.8 Å². The maximum absolute atomic E-state index is 13.1. The minimum absolute atomic E-state index is 0.127. The highest BCUT2D eigenvalue weighted by Crippen LogP contribution is 2.29. The van der Waals surface area contributed by atoms with Crippen LogP contribution in [0, 0.1) is 5.82 Å². The van der Waals surface area contributed by atoms with Crippen molar-refractivity contribution in [2.75, 3.05) is 5.32 Å². The normalized spacial score (nSPS) is 10.5. The molecule has 0 bridgehead atoms. The standard InChI is InChI=1S/C16H10Cl2FN3/c17-11-3-7-13(8-4-11)21-15-14(9-20-16(18)22-15)10-1-5-12(19)6-2-10/h1-9H,(H,20,21,22). The van der Waals surface area contributed by atoms with Crippen LogP contribution in [-0.4, -0.2) is 9.97 Å². The Morgan fingerprint density at radius 3 is 2.27 bits per heavy atom. The summed E-state index contributed by atoms with van der Waals surface area (Å²) in [5.74, 6) is 0.236. The first-order valence-corrected chi connectivity index (χ1v) is 7.18. The van der Waals surface area contributed by atoms with E-state index in [2.05, 4.69) is 15.3 Å².